The maximum Gasteiger partial charge on any atom is 0.254 e. The van der Waals surface area contributed by atoms with Gasteiger partial charge in [0.05, 0.1) is 0 Å². The van der Waals surface area contributed by atoms with E-state index in [4.69, 9.17) is 0 Å². The molecule has 0 aromatic carbocycles. The summed E-state index contributed by atoms with van der Waals surface area (Å²) < 4.78 is 0. The SMILES string of the molecule is CC(C)Cc1cnc(CC2CCCN2)[nH]c1=O. The molecule has 1 aromatic heterocycles. The Balaban J connectivity index is 2.05. The molecule has 1 aliphatic heterocycles. The molecule has 0 bridgehead atoms. The highest BCUT2D eigenvalue weighted by Gasteiger charge is 2.15. The Kier molecular flexibility index (Phi) is 3.94. The molecule has 1 atom stereocenters. The van der Waals surface area contributed by atoms with Crippen molar-refractivity contribution >= 4 is 0 Å². The second-order valence-electron chi connectivity index (χ2n) is 5.28. The van der Waals surface area contributed by atoms with Crippen molar-refractivity contribution < 1.29 is 0 Å². The van der Waals surface area contributed by atoms with Crippen LogP contribution in [0.15, 0.2) is 11.0 Å². The van der Waals surface area contributed by atoms with E-state index in [-0.39, 0.29) is 5.56 Å². The molecule has 2 rings (SSSR count). The van der Waals surface area contributed by atoms with Crippen molar-refractivity contribution in [3.05, 3.63) is 27.9 Å². The van der Waals surface area contributed by atoms with Gasteiger partial charge in [-0.15, -0.1) is 0 Å². The molecule has 0 radical (unpaired) electrons. The van der Waals surface area contributed by atoms with Crippen LogP contribution in [0.3, 0.4) is 0 Å². The van der Waals surface area contributed by atoms with Gasteiger partial charge in [0.25, 0.3) is 5.56 Å². The molecule has 0 saturated carbocycles. The van der Waals surface area contributed by atoms with Crippen LogP contribution < -0.4 is 10.9 Å². The molecular formula is C13H21N3O. The van der Waals surface area contributed by atoms with Crippen LogP contribution in [-0.2, 0) is 12.8 Å². The quantitative estimate of drug-likeness (QED) is 0.826. The summed E-state index contributed by atoms with van der Waals surface area (Å²) in [5.41, 5.74) is 0.824. The monoisotopic (exact) mass is 235 g/mol. The highest BCUT2D eigenvalue weighted by atomic mass is 16.1. The van der Waals surface area contributed by atoms with Crippen LogP contribution in [0.5, 0.6) is 0 Å². The summed E-state index contributed by atoms with van der Waals surface area (Å²) >= 11 is 0. The third kappa shape index (κ3) is 3.40. The molecule has 17 heavy (non-hydrogen) atoms. The van der Waals surface area contributed by atoms with E-state index < -0.39 is 0 Å². The molecule has 1 fully saturated rings. The maximum absolute atomic E-state index is 11.8. The van der Waals surface area contributed by atoms with E-state index in [9.17, 15) is 4.79 Å². The Bertz CT molecular complexity index is 419. The number of aromatic amines is 1. The fourth-order valence-electron chi connectivity index (χ4n) is 2.31. The Morgan fingerprint density at radius 3 is 2.94 bits per heavy atom. The highest BCUT2D eigenvalue weighted by molar-refractivity contribution is 5.07. The lowest BCUT2D eigenvalue weighted by Gasteiger charge is -2.09. The standard InChI is InChI=1S/C13H21N3O/c1-9(2)6-10-8-15-12(16-13(10)17)7-11-4-3-5-14-11/h8-9,11,14H,3-7H2,1-2H3,(H,15,16,17). The van der Waals surface area contributed by atoms with E-state index in [2.05, 4.69) is 29.1 Å². The smallest absolute Gasteiger partial charge is 0.254 e. The molecule has 4 heteroatoms. The molecule has 1 saturated heterocycles. The van der Waals surface area contributed by atoms with Crippen LogP contribution >= 0.6 is 0 Å². The molecule has 94 valence electrons. The number of nitrogens with zero attached hydrogens (tertiary/aromatic N) is 1. The van der Waals surface area contributed by atoms with E-state index in [0.29, 0.717) is 12.0 Å². The number of hydrogen-bond donors (Lipinski definition) is 2. The molecule has 4 nitrogen and oxygen atoms in total. The van der Waals surface area contributed by atoms with Gasteiger partial charge in [-0.1, -0.05) is 13.8 Å². The number of rotatable bonds is 4. The third-order valence-electron chi connectivity index (χ3n) is 3.16. The van der Waals surface area contributed by atoms with E-state index in [1.54, 1.807) is 6.20 Å². The second-order valence-corrected chi connectivity index (χ2v) is 5.28. The summed E-state index contributed by atoms with van der Waals surface area (Å²) in [4.78, 5) is 19.1. The molecule has 1 aliphatic rings. The van der Waals surface area contributed by atoms with Crippen molar-refractivity contribution in [2.75, 3.05) is 6.54 Å². The first-order valence-electron chi connectivity index (χ1n) is 6.45. The first-order valence-corrected chi connectivity index (χ1v) is 6.45. The molecule has 0 amide bonds. The number of H-pyrrole nitrogens is 1. The first kappa shape index (κ1) is 12.3. The summed E-state index contributed by atoms with van der Waals surface area (Å²) in [6, 6.07) is 0.481. The minimum absolute atomic E-state index is 0.0293. The van der Waals surface area contributed by atoms with E-state index >= 15 is 0 Å². The van der Waals surface area contributed by atoms with Crippen LogP contribution in [0.2, 0.25) is 0 Å². The third-order valence-corrected chi connectivity index (χ3v) is 3.16. The summed E-state index contributed by atoms with van der Waals surface area (Å²) in [6.07, 6.45) is 5.77. The largest absolute Gasteiger partial charge is 0.314 e. The Labute approximate surface area is 102 Å². The van der Waals surface area contributed by atoms with Gasteiger partial charge < -0.3 is 10.3 Å². The minimum atomic E-state index is 0.0293. The van der Waals surface area contributed by atoms with Gasteiger partial charge in [0.2, 0.25) is 0 Å². The van der Waals surface area contributed by atoms with Crippen LogP contribution in [0.4, 0.5) is 0 Å². The van der Waals surface area contributed by atoms with Crippen LogP contribution in [0.1, 0.15) is 38.1 Å². The van der Waals surface area contributed by atoms with Gasteiger partial charge in [0.1, 0.15) is 5.82 Å². The average Bonchev–Trinajstić information content (AvgIpc) is 2.74. The molecule has 2 heterocycles. The van der Waals surface area contributed by atoms with Gasteiger partial charge in [-0.05, 0) is 31.7 Å². The minimum Gasteiger partial charge on any atom is -0.314 e. The topological polar surface area (TPSA) is 57.8 Å². The van der Waals surface area contributed by atoms with Crippen molar-refractivity contribution in [3.8, 4) is 0 Å². The van der Waals surface area contributed by atoms with Crippen molar-refractivity contribution in [1.82, 2.24) is 15.3 Å². The second kappa shape index (κ2) is 5.45. The fourth-order valence-corrected chi connectivity index (χ4v) is 2.31. The average molecular weight is 235 g/mol. The van der Waals surface area contributed by atoms with Crippen molar-refractivity contribution in [2.45, 2.75) is 45.6 Å². The van der Waals surface area contributed by atoms with E-state index in [1.807, 2.05) is 0 Å². The number of hydrogen-bond acceptors (Lipinski definition) is 3. The summed E-state index contributed by atoms with van der Waals surface area (Å²) in [6.45, 7) is 5.30. The Hall–Kier alpha value is -1.16. The lowest BCUT2D eigenvalue weighted by molar-refractivity contribution is 0.580. The van der Waals surface area contributed by atoms with Gasteiger partial charge >= 0.3 is 0 Å². The lowest BCUT2D eigenvalue weighted by atomic mass is 10.1. The fraction of sp³-hybridized carbons (Fsp3) is 0.692. The molecule has 0 aliphatic carbocycles. The zero-order valence-electron chi connectivity index (χ0n) is 10.6. The predicted molar refractivity (Wildman–Crippen MR) is 68.1 cm³/mol. The summed E-state index contributed by atoms with van der Waals surface area (Å²) in [7, 11) is 0. The van der Waals surface area contributed by atoms with Gasteiger partial charge in [-0.3, -0.25) is 4.79 Å². The summed E-state index contributed by atoms with van der Waals surface area (Å²) in [5.74, 6) is 1.29. The lowest BCUT2D eigenvalue weighted by Crippen LogP contribution is -2.26. The van der Waals surface area contributed by atoms with Crippen LogP contribution in [0, 0.1) is 5.92 Å². The number of aromatic nitrogens is 2. The van der Waals surface area contributed by atoms with Gasteiger partial charge in [-0.2, -0.15) is 0 Å². The molecule has 0 spiro atoms. The summed E-state index contributed by atoms with van der Waals surface area (Å²) in [5, 5.41) is 3.41. The molecular weight excluding hydrogens is 214 g/mol. The van der Waals surface area contributed by atoms with Crippen LogP contribution in [-0.4, -0.2) is 22.6 Å². The highest BCUT2D eigenvalue weighted by Crippen LogP contribution is 2.09. The van der Waals surface area contributed by atoms with E-state index in [0.717, 1.165) is 30.8 Å². The number of nitrogens with one attached hydrogen (secondary N) is 2. The zero-order chi connectivity index (χ0) is 12.3. The predicted octanol–water partition coefficient (Wildman–Crippen LogP) is 1.26. The Morgan fingerprint density at radius 2 is 2.35 bits per heavy atom. The maximum atomic E-state index is 11.8. The van der Waals surface area contributed by atoms with Crippen LogP contribution in [0.25, 0.3) is 0 Å². The molecule has 2 N–H and O–H groups in total. The van der Waals surface area contributed by atoms with E-state index in [1.165, 1.54) is 12.8 Å². The van der Waals surface area contributed by atoms with Gasteiger partial charge in [-0.25, -0.2) is 4.98 Å². The van der Waals surface area contributed by atoms with Gasteiger partial charge in [0.15, 0.2) is 0 Å². The first-order chi connectivity index (χ1) is 8.15. The van der Waals surface area contributed by atoms with Crippen molar-refractivity contribution in [1.29, 1.82) is 0 Å². The van der Waals surface area contributed by atoms with Gasteiger partial charge in [0, 0.05) is 24.2 Å². The molecule has 1 aromatic rings. The Morgan fingerprint density at radius 1 is 1.53 bits per heavy atom. The normalized spacial score (nSPS) is 20.1. The van der Waals surface area contributed by atoms with Crippen molar-refractivity contribution in [2.24, 2.45) is 5.92 Å². The van der Waals surface area contributed by atoms with Crippen molar-refractivity contribution in [3.63, 3.8) is 0 Å². The molecule has 1 unspecified atom stereocenters. The zero-order valence-corrected chi connectivity index (χ0v) is 10.6.